The first-order chi connectivity index (χ1) is 7.93. The van der Waals surface area contributed by atoms with Crippen LogP contribution < -0.4 is 4.18 Å². The fourth-order valence-electron chi connectivity index (χ4n) is 0.757. The molecule has 0 aromatic carbocycles. The van der Waals surface area contributed by atoms with E-state index in [0.29, 0.717) is 12.1 Å². The maximum atomic E-state index is 12.1. The van der Waals surface area contributed by atoms with Crippen LogP contribution in [0.25, 0.3) is 0 Å². The molecule has 0 saturated carbocycles. The molecular weight excluding hydrogens is 292 g/mol. The van der Waals surface area contributed by atoms with Gasteiger partial charge in [0.2, 0.25) is 5.88 Å². The fraction of sp³-hybridized carbons (Fsp3) is 0.286. The Morgan fingerprint density at radius 2 is 1.61 bits per heavy atom. The first-order valence-electron chi connectivity index (χ1n) is 3.97. The summed E-state index contributed by atoms with van der Waals surface area (Å²) in [7, 11) is -5.94. The number of hydrogen-bond donors (Lipinski definition) is 0. The van der Waals surface area contributed by atoms with Crippen LogP contribution in [-0.4, -0.2) is 18.9 Å². The van der Waals surface area contributed by atoms with E-state index in [1.807, 2.05) is 0 Å². The van der Waals surface area contributed by atoms with E-state index in [2.05, 4.69) is 9.17 Å². The monoisotopic (exact) mass is 295 g/mol. The lowest BCUT2D eigenvalue weighted by Gasteiger charge is -2.09. The highest BCUT2D eigenvalue weighted by atomic mass is 32.2. The number of nitrogens with zero attached hydrogens (tertiary/aromatic N) is 1. The van der Waals surface area contributed by atoms with Gasteiger partial charge in [0, 0.05) is 12.3 Å². The third kappa shape index (κ3) is 3.24. The molecule has 18 heavy (non-hydrogen) atoms. The van der Waals surface area contributed by atoms with Crippen molar-refractivity contribution in [3.05, 3.63) is 23.9 Å². The van der Waals surface area contributed by atoms with Crippen molar-refractivity contribution in [1.82, 2.24) is 4.98 Å². The molecule has 0 bridgehead atoms. The van der Waals surface area contributed by atoms with Gasteiger partial charge in [0.1, 0.15) is 0 Å². The minimum absolute atomic E-state index is 0.154. The van der Waals surface area contributed by atoms with E-state index in [1.165, 1.54) is 0 Å². The van der Waals surface area contributed by atoms with Crippen LogP contribution >= 0.6 is 0 Å². The summed E-state index contributed by atoms with van der Waals surface area (Å²) in [5.41, 5.74) is -6.93. The molecule has 1 aromatic rings. The minimum atomic E-state index is -5.94. The quantitative estimate of drug-likeness (QED) is 0.477. The maximum absolute atomic E-state index is 12.1. The zero-order valence-corrected chi connectivity index (χ0v) is 8.90. The minimum Gasteiger partial charge on any atom is -0.355 e. The summed E-state index contributed by atoms with van der Waals surface area (Å²) in [6.45, 7) is 0. The normalized spacial score (nSPS) is 13.4. The number of halogens is 6. The molecule has 0 fully saturated rings. The lowest BCUT2D eigenvalue weighted by Crippen LogP contribution is -2.28. The Morgan fingerprint density at radius 1 is 1.06 bits per heavy atom. The van der Waals surface area contributed by atoms with E-state index in [-0.39, 0.29) is 6.20 Å². The molecule has 0 unspecified atom stereocenters. The molecular formula is C7H3F6NO3S. The Balaban J connectivity index is 2.96. The third-order valence-electron chi connectivity index (χ3n) is 1.54. The van der Waals surface area contributed by atoms with Gasteiger partial charge < -0.3 is 4.18 Å². The molecule has 0 aliphatic rings. The highest BCUT2D eigenvalue weighted by Gasteiger charge is 2.48. The Kier molecular flexibility index (Phi) is 3.47. The zero-order chi connectivity index (χ0) is 14.2. The van der Waals surface area contributed by atoms with Gasteiger partial charge in [-0.25, -0.2) is 4.98 Å². The van der Waals surface area contributed by atoms with E-state index in [0.717, 1.165) is 0 Å². The predicted molar refractivity (Wildman–Crippen MR) is 44.8 cm³/mol. The van der Waals surface area contributed by atoms with E-state index in [1.54, 1.807) is 0 Å². The molecule has 0 saturated heterocycles. The highest BCUT2D eigenvalue weighted by molar-refractivity contribution is 7.87. The van der Waals surface area contributed by atoms with E-state index >= 15 is 0 Å². The smallest absolute Gasteiger partial charge is 0.355 e. The van der Waals surface area contributed by atoms with Gasteiger partial charge in [-0.3, -0.25) is 0 Å². The number of hydrogen-bond acceptors (Lipinski definition) is 4. The molecule has 0 aliphatic carbocycles. The topological polar surface area (TPSA) is 56.3 Å². The van der Waals surface area contributed by atoms with Crippen molar-refractivity contribution in [2.45, 2.75) is 11.7 Å². The molecule has 0 spiro atoms. The number of alkyl halides is 6. The molecule has 0 N–H and O–H groups in total. The fourth-order valence-corrected chi connectivity index (χ4v) is 1.17. The molecule has 102 valence electrons. The van der Waals surface area contributed by atoms with E-state index in [4.69, 9.17) is 0 Å². The standard InChI is InChI=1S/C7H3F6NO3S/c8-6(9,10)4-1-2-5(14-3-4)17-18(15,16)7(11,12)13/h1-3H. The van der Waals surface area contributed by atoms with Crippen molar-refractivity contribution in [2.75, 3.05) is 0 Å². The summed E-state index contributed by atoms with van der Waals surface area (Å²) in [5.74, 6) is -1.11. The van der Waals surface area contributed by atoms with Crippen LogP contribution in [0.1, 0.15) is 5.56 Å². The predicted octanol–water partition coefficient (Wildman–Crippen LogP) is 2.33. The Morgan fingerprint density at radius 3 is 1.94 bits per heavy atom. The van der Waals surface area contributed by atoms with Gasteiger partial charge in [0.25, 0.3) is 0 Å². The molecule has 4 nitrogen and oxygen atoms in total. The van der Waals surface area contributed by atoms with Gasteiger partial charge in [0.05, 0.1) is 5.56 Å². The average Bonchev–Trinajstić information content (AvgIpc) is 2.14. The van der Waals surface area contributed by atoms with Crippen molar-refractivity contribution in [3.63, 3.8) is 0 Å². The van der Waals surface area contributed by atoms with Crippen molar-refractivity contribution < 1.29 is 38.9 Å². The third-order valence-corrected chi connectivity index (χ3v) is 2.50. The Labute approximate surface area is 96.3 Å². The van der Waals surface area contributed by atoms with Crippen molar-refractivity contribution in [2.24, 2.45) is 0 Å². The molecule has 0 aliphatic heterocycles. The van der Waals surface area contributed by atoms with Gasteiger partial charge in [-0.05, 0) is 6.07 Å². The zero-order valence-electron chi connectivity index (χ0n) is 8.08. The summed E-state index contributed by atoms with van der Waals surface area (Å²) in [4.78, 5) is 2.82. The van der Waals surface area contributed by atoms with Crippen LogP contribution in [-0.2, 0) is 16.3 Å². The van der Waals surface area contributed by atoms with Crippen LogP contribution in [0.3, 0.4) is 0 Å². The first kappa shape index (κ1) is 14.5. The molecule has 1 aromatic heterocycles. The van der Waals surface area contributed by atoms with Gasteiger partial charge in [-0.15, -0.1) is 0 Å². The highest BCUT2D eigenvalue weighted by Crippen LogP contribution is 2.30. The van der Waals surface area contributed by atoms with Crippen LogP contribution in [0, 0.1) is 0 Å². The Bertz CT molecular complexity index is 518. The van der Waals surface area contributed by atoms with Crippen LogP contribution in [0.5, 0.6) is 5.88 Å². The summed E-state index contributed by atoms with van der Waals surface area (Å²) >= 11 is 0. The lowest BCUT2D eigenvalue weighted by atomic mass is 10.3. The molecule has 1 rings (SSSR count). The van der Waals surface area contributed by atoms with Crippen LogP contribution in [0.4, 0.5) is 26.3 Å². The van der Waals surface area contributed by atoms with Crippen LogP contribution in [0.15, 0.2) is 18.3 Å². The number of rotatable bonds is 2. The SMILES string of the molecule is O=S(=O)(Oc1ccc(C(F)(F)F)cn1)C(F)(F)F. The largest absolute Gasteiger partial charge is 0.534 e. The summed E-state index contributed by atoms with van der Waals surface area (Å²) in [5, 5.41) is 0. The van der Waals surface area contributed by atoms with Gasteiger partial charge in [0.15, 0.2) is 0 Å². The van der Waals surface area contributed by atoms with Gasteiger partial charge >= 0.3 is 21.8 Å². The molecule has 0 atom stereocenters. The van der Waals surface area contributed by atoms with E-state index in [9.17, 15) is 34.8 Å². The molecule has 1 heterocycles. The van der Waals surface area contributed by atoms with E-state index < -0.39 is 33.2 Å². The van der Waals surface area contributed by atoms with Crippen molar-refractivity contribution in [1.29, 1.82) is 0 Å². The number of aromatic nitrogens is 1. The van der Waals surface area contributed by atoms with Crippen molar-refractivity contribution in [3.8, 4) is 5.88 Å². The average molecular weight is 295 g/mol. The second-order valence-corrected chi connectivity index (χ2v) is 4.40. The second-order valence-electron chi connectivity index (χ2n) is 2.87. The summed E-state index contributed by atoms with van der Waals surface area (Å²) in [6.07, 6.45) is -4.59. The Hall–Kier alpha value is -1.52. The van der Waals surface area contributed by atoms with Crippen LogP contribution in [0.2, 0.25) is 0 Å². The van der Waals surface area contributed by atoms with Crippen molar-refractivity contribution >= 4 is 10.1 Å². The van der Waals surface area contributed by atoms with Gasteiger partial charge in [-0.2, -0.15) is 34.8 Å². The number of pyridine rings is 1. The summed E-state index contributed by atoms with van der Waals surface area (Å²) in [6, 6.07) is 0.709. The lowest BCUT2D eigenvalue weighted by molar-refractivity contribution is -0.137. The molecule has 0 amide bonds. The summed E-state index contributed by atoms with van der Waals surface area (Å²) < 4.78 is 96.3. The van der Waals surface area contributed by atoms with Gasteiger partial charge in [-0.1, -0.05) is 0 Å². The molecule has 0 radical (unpaired) electrons. The maximum Gasteiger partial charge on any atom is 0.534 e. The molecule has 11 heteroatoms. The first-order valence-corrected chi connectivity index (χ1v) is 5.38. The second kappa shape index (κ2) is 4.30.